The van der Waals surface area contributed by atoms with Crippen molar-refractivity contribution in [2.24, 2.45) is 7.05 Å². The Hall–Kier alpha value is -3.58. The van der Waals surface area contributed by atoms with Gasteiger partial charge in [-0.2, -0.15) is 0 Å². The first-order valence-corrected chi connectivity index (χ1v) is 15.7. The zero-order valence-corrected chi connectivity index (χ0v) is 25.1. The molecule has 0 saturated carbocycles. The van der Waals surface area contributed by atoms with Crippen LogP contribution in [0.25, 0.3) is 21.6 Å². The Morgan fingerprint density at radius 3 is 2.56 bits per heavy atom. The predicted molar refractivity (Wildman–Crippen MR) is 166 cm³/mol. The number of benzene rings is 3. The Balaban J connectivity index is 1.06. The SMILES string of the molecule is Cn1c(SCC(=O)Nc2ccc3nc(SCC(=O)NCCOc4ccc(Cl)cc4)sc3c2)nnc1-c1ccccc1. The number of carbonyl (C=O) groups is 2. The quantitative estimate of drug-likeness (QED) is 0.133. The summed E-state index contributed by atoms with van der Waals surface area (Å²) in [6.45, 7) is 0.757. The third kappa shape index (κ3) is 8.00. The van der Waals surface area contributed by atoms with Gasteiger partial charge in [-0.1, -0.05) is 65.5 Å². The van der Waals surface area contributed by atoms with Gasteiger partial charge in [0.15, 0.2) is 15.3 Å². The first-order chi connectivity index (χ1) is 19.9. The summed E-state index contributed by atoms with van der Waals surface area (Å²) < 4.78 is 9.17. The molecule has 0 saturated heterocycles. The summed E-state index contributed by atoms with van der Waals surface area (Å²) >= 11 is 10.0. The van der Waals surface area contributed by atoms with Gasteiger partial charge in [0, 0.05) is 23.3 Å². The van der Waals surface area contributed by atoms with E-state index in [4.69, 9.17) is 16.3 Å². The number of thiazole rings is 1. The predicted octanol–water partition coefficient (Wildman–Crippen LogP) is 5.76. The number of anilines is 1. The number of nitrogens with zero attached hydrogens (tertiary/aromatic N) is 4. The molecule has 0 aliphatic rings. The molecular formula is C28H25ClN6O3S3. The summed E-state index contributed by atoms with van der Waals surface area (Å²) in [5.74, 6) is 1.65. The van der Waals surface area contributed by atoms with E-state index >= 15 is 0 Å². The lowest BCUT2D eigenvalue weighted by Crippen LogP contribution is -2.29. The number of rotatable bonds is 12. The van der Waals surface area contributed by atoms with Crippen LogP contribution in [0.4, 0.5) is 5.69 Å². The number of nitrogens with one attached hydrogen (secondary N) is 2. The Morgan fingerprint density at radius 1 is 0.976 bits per heavy atom. The first kappa shape index (κ1) is 28.9. The van der Waals surface area contributed by atoms with Crippen molar-refractivity contribution in [1.29, 1.82) is 0 Å². The summed E-state index contributed by atoms with van der Waals surface area (Å²) in [6, 6.07) is 22.4. The third-order valence-corrected chi connectivity index (χ3v) is 9.12. The summed E-state index contributed by atoms with van der Waals surface area (Å²) in [7, 11) is 1.89. The highest BCUT2D eigenvalue weighted by Gasteiger charge is 2.14. The number of carbonyl (C=O) groups excluding carboxylic acids is 2. The molecule has 5 rings (SSSR count). The molecule has 0 bridgehead atoms. The minimum atomic E-state index is -0.144. The fraction of sp³-hybridized carbons (Fsp3) is 0.179. The van der Waals surface area contributed by atoms with Crippen molar-refractivity contribution in [3.05, 3.63) is 77.8 Å². The van der Waals surface area contributed by atoms with E-state index in [9.17, 15) is 9.59 Å². The van der Waals surface area contributed by atoms with Gasteiger partial charge in [0.2, 0.25) is 11.8 Å². The molecule has 210 valence electrons. The van der Waals surface area contributed by atoms with Crippen molar-refractivity contribution in [3.63, 3.8) is 0 Å². The average molecular weight is 625 g/mol. The van der Waals surface area contributed by atoms with Crippen LogP contribution >= 0.6 is 46.5 Å². The first-order valence-electron chi connectivity index (χ1n) is 12.5. The molecule has 0 radical (unpaired) electrons. The van der Waals surface area contributed by atoms with Crippen LogP contribution in [0.2, 0.25) is 5.02 Å². The highest BCUT2D eigenvalue weighted by molar-refractivity contribution is 8.01. The van der Waals surface area contributed by atoms with Crippen molar-refractivity contribution >= 4 is 74.2 Å². The maximum Gasteiger partial charge on any atom is 0.234 e. The van der Waals surface area contributed by atoms with E-state index < -0.39 is 0 Å². The number of ether oxygens (including phenoxy) is 1. The van der Waals surface area contributed by atoms with E-state index in [1.807, 2.05) is 60.1 Å². The average Bonchev–Trinajstić information content (AvgIpc) is 3.56. The van der Waals surface area contributed by atoms with Crippen LogP contribution in [0.1, 0.15) is 0 Å². The molecule has 2 N–H and O–H groups in total. The van der Waals surface area contributed by atoms with Crippen LogP contribution in [0.15, 0.2) is 82.3 Å². The standard InChI is InChI=1S/C28H25ClN6O3S3/c1-35-26(18-5-3-2-4-6-18)33-34-27(35)39-17-25(37)31-20-9-12-22-23(15-20)41-28(32-22)40-16-24(36)30-13-14-38-21-10-7-19(29)8-11-21/h2-12,15H,13-14,16-17H2,1H3,(H,30,36)(H,31,37). The molecule has 0 fully saturated rings. The second-order valence-corrected chi connectivity index (χ2v) is 12.3. The molecule has 2 amide bonds. The summed E-state index contributed by atoms with van der Waals surface area (Å²) in [4.78, 5) is 29.5. The maximum absolute atomic E-state index is 12.6. The van der Waals surface area contributed by atoms with Gasteiger partial charge in [0.25, 0.3) is 0 Å². The lowest BCUT2D eigenvalue weighted by atomic mass is 10.2. The van der Waals surface area contributed by atoms with Crippen LogP contribution in [0, 0.1) is 0 Å². The molecule has 3 aromatic carbocycles. The fourth-order valence-electron chi connectivity index (χ4n) is 3.72. The summed E-state index contributed by atoms with van der Waals surface area (Å²) in [5.41, 5.74) is 2.47. The number of hydrogen-bond acceptors (Lipinski definition) is 9. The van der Waals surface area contributed by atoms with Gasteiger partial charge >= 0.3 is 0 Å². The fourth-order valence-corrected chi connectivity index (χ4v) is 6.49. The zero-order chi connectivity index (χ0) is 28.6. The number of thioether (sulfide) groups is 2. The monoisotopic (exact) mass is 624 g/mol. The van der Waals surface area contributed by atoms with E-state index in [0.29, 0.717) is 34.8 Å². The Labute approximate surface area is 254 Å². The second-order valence-electron chi connectivity index (χ2n) is 8.67. The lowest BCUT2D eigenvalue weighted by Gasteiger charge is -2.07. The van der Waals surface area contributed by atoms with Crippen molar-refractivity contribution in [2.75, 3.05) is 30.0 Å². The molecule has 0 spiro atoms. The van der Waals surface area contributed by atoms with Gasteiger partial charge in [-0.15, -0.1) is 21.5 Å². The van der Waals surface area contributed by atoms with Gasteiger partial charge in [-0.05, 0) is 42.5 Å². The van der Waals surface area contributed by atoms with Crippen LogP contribution in [0.5, 0.6) is 5.75 Å². The van der Waals surface area contributed by atoms with E-state index in [-0.39, 0.29) is 23.3 Å². The van der Waals surface area contributed by atoms with E-state index in [2.05, 4.69) is 25.8 Å². The normalized spacial score (nSPS) is 11.0. The van der Waals surface area contributed by atoms with Gasteiger partial charge in [-0.3, -0.25) is 9.59 Å². The molecule has 0 atom stereocenters. The molecule has 0 aliphatic heterocycles. The van der Waals surface area contributed by atoms with Crippen LogP contribution < -0.4 is 15.4 Å². The molecular weight excluding hydrogens is 600 g/mol. The second kappa shape index (κ2) is 13.9. The number of aromatic nitrogens is 4. The van der Waals surface area contributed by atoms with Crippen molar-refractivity contribution in [1.82, 2.24) is 25.1 Å². The van der Waals surface area contributed by atoms with Gasteiger partial charge in [-0.25, -0.2) is 4.98 Å². The number of amides is 2. The lowest BCUT2D eigenvalue weighted by molar-refractivity contribution is -0.118. The number of halogens is 1. The maximum atomic E-state index is 12.6. The Bertz CT molecular complexity index is 1640. The minimum Gasteiger partial charge on any atom is -0.492 e. The summed E-state index contributed by atoms with van der Waals surface area (Å²) in [6.07, 6.45) is 0. The smallest absolute Gasteiger partial charge is 0.234 e. The van der Waals surface area contributed by atoms with Crippen molar-refractivity contribution in [3.8, 4) is 17.1 Å². The molecule has 9 nitrogen and oxygen atoms in total. The minimum absolute atomic E-state index is 0.0989. The largest absolute Gasteiger partial charge is 0.492 e. The zero-order valence-electron chi connectivity index (χ0n) is 21.9. The summed E-state index contributed by atoms with van der Waals surface area (Å²) in [5, 5.41) is 15.6. The van der Waals surface area contributed by atoms with E-state index in [1.165, 1.54) is 34.9 Å². The molecule has 0 unspecified atom stereocenters. The van der Waals surface area contributed by atoms with E-state index in [1.54, 1.807) is 24.3 Å². The molecule has 13 heteroatoms. The Morgan fingerprint density at radius 2 is 1.76 bits per heavy atom. The number of fused-ring (bicyclic) bond motifs is 1. The van der Waals surface area contributed by atoms with Crippen molar-refractivity contribution < 1.29 is 14.3 Å². The van der Waals surface area contributed by atoms with Crippen molar-refractivity contribution in [2.45, 2.75) is 9.50 Å². The molecule has 2 aromatic heterocycles. The van der Waals surface area contributed by atoms with Gasteiger partial charge < -0.3 is 19.9 Å². The molecule has 2 heterocycles. The molecule has 41 heavy (non-hydrogen) atoms. The third-order valence-electron chi connectivity index (χ3n) is 5.69. The number of hydrogen-bond donors (Lipinski definition) is 2. The molecule has 5 aromatic rings. The van der Waals surface area contributed by atoms with Crippen LogP contribution in [-0.4, -0.2) is 56.2 Å². The van der Waals surface area contributed by atoms with Crippen LogP contribution in [0.3, 0.4) is 0 Å². The molecule has 0 aliphatic carbocycles. The van der Waals surface area contributed by atoms with Gasteiger partial charge in [0.05, 0.1) is 28.3 Å². The highest BCUT2D eigenvalue weighted by atomic mass is 35.5. The van der Waals surface area contributed by atoms with E-state index in [0.717, 1.165) is 25.9 Å². The Kier molecular flexibility index (Phi) is 9.78. The van der Waals surface area contributed by atoms with Gasteiger partial charge in [0.1, 0.15) is 12.4 Å². The highest BCUT2D eigenvalue weighted by Crippen LogP contribution is 2.31. The topological polar surface area (TPSA) is 111 Å². The van der Waals surface area contributed by atoms with Crippen LogP contribution in [-0.2, 0) is 16.6 Å².